The van der Waals surface area contributed by atoms with E-state index in [0.717, 1.165) is 55.2 Å². The van der Waals surface area contributed by atoms with E-state index >= 15 is 0 Å². The maximum Gasteiger partial charge on any atom is 0.291 e. The molecule has 4 aromatic rings. The normalized spacial score (nSPS) is 13.5. The lowest BCUT2D eigenvalue weighted by molar-refractivity contribution is -0.742. The highest BCUT2D eigenvalue weighted by Gasteiger charge is 2.14. The Morgan fingerprint density at radius 3 is 2.46 bits per heavy atom. The fraction of sp³-hybridized carbons (Fsp3) is 0.241. The van der Waals surface area contributed by atoms with Crippen molar-refractivity contribution in [2.45, 2.75) is 13.5 Å². The van der Waals surface area contributed by atoms with E-state index in [4.69, 9.17) is 15.3 Å². The van der Waals surface area contributed by atoms with Gasteiger partial charge in [-0.15, -0.1) is 10.1 Å². The summed E-state index contributed by atoms with van der Waals surface area (Å²) in [5, 5.41) is 19.9. The second-order valence-electron chi connectivity index (χ2n) is 9.63. The number of benzene rings is 2. The predicted octanol–water partition coefficient (Wildman–Crippen LogP) is 4.24. The molecule has 12 heteroatoms. The van der Waals surface area contributed by atoms with Gasteiger partial charge in [0.05, 0.1) is 5.69 Å². The first-order valence-corrected chi connectivity index (χ1v) is 13.0. The van der Waals surface area contributed by atoms with Crippen molar-refractivity contribution >= 4 is 23.2 Å². The Hall–Kier alpha value is -4.94. The zero-order valence-corrected chi connectivity index (χ0v) is 22.9. The van der Waals surface area contributed by atoms with Gasteiger partial charge in [0.15, 0.2) is 0 Å². The van der Waals surface area contributed by atoms with Crippen molar-refractivity contribution in [2.24, 2.45) is 0 Å². The van der Waals surface area contributed by atoms with Crippen LogP contribution in [-0.4, -0.2) is 74.2 Å². The van der Waals surface area contributed by atoms with Crippen molar-refractivity contribution in [1.82, 2.24) is 24.8 Å². The number of piperazine rings is 1. The lowest BCUT2D eigenvalue weighted by atomic mass is 10.1. The summed E-state index contributed by atoms with van der Waals surface area (Å²) < 4.78 is 0. The molecule has 2 aromatic carbocycles. The van der Waals surface area contributed by atoms with Gasteiger partial charge in [-0.25, -0.2) is 9.97 Å². The second kappa shape index (κ2) is 13.9. The molecular weight excluding hydrogens is 524 g/mol. The zero-order valence-electron chi connectivity index (χ0n) is 22.9. The first-order valence-electron chi connectivity index (χ1n) is 13.0. The quantitative estimate of drug-likeness (QED) is 0.223. The van der Waals surface area contributed by atoms with E-state index in [1.165, 1.54) is 5.56 Å². The minimum absolute atomic E-state index is 0.143. The number of aromatic nitrogens is 3. The lowest BCUT2D eigenvalue weighted by Crippen LogP contribution is -2.43. The SMILES string of the molecule is Cc1ccc(NC(=O)c2ccc(CN3CCN(C)CC3)cc2)cc1Nc1nccc(-c2cccnc2)n1.O=[N+]([O-])O. The monoisotopic (exact) mass is 556 g/mol. The summed E-state index contributed by atoms with van der Waals surface area (Å²) in [6.07, 6.45) is 5.22. The number of hydrogen-bond donors (Lipinski definition) is 3. The van der Waals surface area contributed by atoms with Crippen molar-refractivity contribution in [2.75, 3.05) is 43.9 Å². The number of amides is 1. The minimum atomic E-state index is -1.50. The summed E-state index contributed by atoms with van der Waals surface area (Å²) >= 11 is 0. The number of hydrogen-bond acceptors (Lipinski definition) is 9. The van der Waals surface area contributed by atoms with Crippen LogP contribution in [0.15, 0.2) is 79.3 Å². The van der Waals surface area contributed by atoms with Crippen LogP contribution in [0.1, 0.15) is 21.5 Å². The molecular formula is C29H32N8O4. The number of nitrogens with zero attached hydrogens (tertiary/aromatic N) is 6. The Balaban J connectivity index is 0.000000909. The number of aryl methyl sites for hydroxylation is 1. The van der Waals surface area contributed by atoms with Crippen LogP contribution in [0.2, 0.25) is 0 Å². The van der Waals surface area contributed by atoms with Crippen LogP contribution < -0.4 is 10.6 Å². The average Bonchev–Trinajstić information content (AvgIpc) is 2.97. The smallest absolute Gasteiger partial charge is 0.291 e. The molecule has 1 saturated heterocycles. The molecule has 212 valence electrons. The van der Waals surface area contributed by atoms with E-state index in [9.17, 15) is 4.79 Å². The standard InChI is InChI=1S/C29H31N7O.HNO3/c1-21-5-10-25(18-27(21)34-29-31-13-11-26(33-29)24-4-3-12-30-19-24)32-28(37)23-8-6-22(7-9-23)20-36-16-14-35(2)15-17-36;2-1(3)4/h3-13,18-19H,14-17,20H2,1-2H3,(H,32,37)(H,31,33,34);(H,2,3,4). The van der Waals surface area contributed by atoms with E-state index in [2.05, 4.69) is 42.4 Å². The number of likely N-dealkylation sites (N-methyl/N-ethyl adjacent to an activating group) is 1. The molecule has 3 N–H and O–H groups in total. The molecule has 0 aliphatic carbocycles. The Labute approximate surface area is 237 Å². The van der Waals surface area contributed by atoms with Gasteiger partial charge in [0, 0.05) is 73.8 Å². The molecule has 2 aromatic heterocycles. The third kappa shape index (κ3) is 8.78. The highest BCUT2D eigenvalue weighted by Crippen LogP contribution is 2.24. The maximum atomic E-state index is 12.9. The average molecular weight is 557 g/mol. The number of carbonyl (C=O) groups excluding carboxylic acids is 1. The summed E-state index contributed by atoms with van der Waals surface area (Å²) in [5.74, 6) is 0.333. The fourth-order valence-corrected chi connectivity index (χ4v) is 4.28. The molecule has 1 aliphatic rings. The molecule has 1 amide bonds. The van der Waals surface area contributed by atoms with Gasteiger partial charge in [0.1, 0.15) is 0 Å². The largest absolute Gasteiger partial charge is 0.328 e. The van der Waals surface area contributed by atoms with Crippen molar-refractivity contribution in [3.05, 3.63) is 106 Å². The van der Waals surface area contributed by atoms with Crippen LogP contribution in [0.3, 0.4) is 0 Å². The first-order chi connectivity index (χ1) is 19.8. The second-order valence-corrected chi connectivity index (χ2v) is 9.63. The van der Waals surface area contributed by atoms with Crippen LogP contribution in [0, 0.1) is 17.0 Å². The van der Waals surface area contributed by atoms with Crippen LogP contribution >= 0.6 is 0 Å². The van der Waals surface area contributed by atoms with E-state index in [1.807, 2.05) is 67.6 Å². The van der Waals surface area contributed by atoms with Gasteiger partial charge >= 0.3 is 0 Å². The van der Waals surface area contributed by atoms with Crippen molar-refractivity contribution < 1.29 is 15.1 Å². The molecule has 41 heavy (non-hydrogen) atoms. The molecule has 3 heterocycles. The van der Waals surface area contributed by atoms with Crippen LogP contribution in [0.5, 0.6) is 0 Å². The third-order valence-electron chi connectivity index (χ3n) is 6.57. The summed E-state index contributed by atoms with van der Waals surface area (Å²) in [6.45, 7) is 7.24. The minimum Gasteiger partial charge on any atom is -0.328 e. The number of carbonyl (C=O) groups is 1. The van der Waals surface area contributed by atoms with E-state index in [0.29, 0.717) is 17.2 Å². The molecule has 0 unspecified atom stereocenters. The molecule has 0 radical (unpaired) electrons. The molecule has 0 spiro atoms. The van der Waals surface area contributed by atoms with Gasteiger partial charge in [-0.2, -0.15) is 0 Å². The van der Waals surface area contributed by atoms with E-state index in [-0.39, 0.29) is 5.91 Å². The molecule has 12 nitrogen and oxygen atoms in total. The highest BCUT2D eigenvalue weighted by atomic mass is 16.9. The molecule has 0 atom stereocenters. The van der Waals surface area contributed by atoms with Gasteiger partial charge in [-0.1, -0.05) is 18.2 Å². The van der Waals surface area contributed by atoms with Gasteiger partial charge in [-0.05, 0) is 67.6 Å². The summed E-state index contributed by atoms with van der Waals surface area (Å²) in [7, 11) is 2.16. The highest BCUT2D eigenvalue weighted by molar-refractivity contribution is 6.04. The third-order valence-corrected chi connectivity index (χ3v) is 6.57. The molecule has 1 aliphatic heterocycles. The summed E-state index contributed by atoms with van der Waals surface area (Å²) in [6, 6.07) is 19.3. The van der Waals surface area contributed by atoms with Crippen molar-refractivity contribution in [1.29, 1.82) is 0 Å². The van der Waals surface area contributed by atoms with Gasteiger partial charge < -0.3 is 20.7 Å². The van der Waals surface area contributed by atoms with E-state index in [1.54, 1.807) is 18.6 Å². The Kier molecular flexibility index (Phi) is 9.86. The molecule has 1 fully saturated rings. The summed E-state index contributed by atoms with van der Waals surface area (Å²) in [4.78, 5) is 39.2. The topological polar surface area (TPSA) is 150 Å². The predicted molar refractivity (Wildman–Crippen MR) is 156 cm³/mol. The van der Waals surface area contributed by atoms with Gasteiger partial charge in [0.2, 0.25) is 5.95 Å². The first kappa shape index (κ1) is 29.1. The maximum absolute atomic E-state index is 12.9. The fourth-order valence-electron chi connectivity index (χ4n) is 4.28. The van der Waals surface area contributed by atoms with Crippen LogP contribution in [0.4, 0.5) is 17.3 Å². The number of nitrogens with one attached hydrogen (secondary N) is 2. The number of rotatable bonds is 7. The van der Waals surface area contributed by atoms with E-state index < -0.39 is 5.09 Å². The zero-order chi connectivity index (χ0) is 29.2. The molecule has 0 saturated carbocycles. The van der Waals surface area contributed by atoms with Crippen molar-refractivity contribution in [3.63, 3.8) is 0 Å². The van der Waals surface area contributed by atoms with Crippen molar-refractivity contribution in [3.8, 4) is 11.3 Å². The van der Waals surface area contributed by atoms with Crippen LogP contribution in [-0.2, 0) is 6.54 Å². The number of pyridine rings is 1. The summed E-state index contributed by atoms with van der Waals surface area (Å²) in [5.41, 5.74) is 6.08. The van der Waals surface area contributed by atoms with Gasteiger partial charge in [-0.3, -0.25) is 14.7 Å². The lowest BCUT2D eigenvalue weighted by Gasteiger charge is -2.32. The molecule has 0 bridgehead atoms. The Morgan fingerprint density at radius 2 is 1.78 bits per heavy atom. The molecule has 5 rings (SSSR count). The Morgan fingerprint density at radius 1 is 1.05 bits per heavy atom. The van der Waals surface area contributed by atoms with Crippen LogP contribution in [0.25, 0.3) is 11.3 Å². The Bertz CT molecular complexity index is 1460. The number of anilines is 3. The van der Waals surface area contributed by atoms with Gasteiger partial charge in [0.25, 0.3) is 11.0 Å².